The molecule has 2 aromatic rings. The predicted octanol–water partition coefficient (Wildman–Crippen LogP) is 1.44. The predicted molar refractivity (Wildman–Crippen MR) is 78.7 cm³/mol. The standard InChI is InChI=1S/C16H16N2O3/c19-14-9-5-4-8-13(14)10-17-15(20)11-18-16(21)12-6-2-1-3-7-12/h1-9,19H,10-11H2,(H,17,20)(H,18,21). The van der Waals surface area contributed by atoms with Crippen LogP contribution in [-0.2, 0) is 11.3 Å². The first-order chi connectivity index (χ1) is 10.2. The van der Waals surface area contributed by atoms with Crippen molar-refractivity contribution in [1.29, 1.82) is 0 Å². The highest BCUT2D eigenvalue weighted by molar-refractivity contribution is 5.96. The summed E-state index contributed by atoms with van der Waals surface area (Å²) in [7, 11) is 0. The zero-order valence-corrected chi connectivity index (χ0v) is 11.4. The van der Waals surface area contributed by atoms with E-state index in [1.54, 1.807) is 48.5 Å². The van der Waals surface area contributed by atoms with Crippen molar-refractivity contribution in [3.05, 3.63) is 65.7 Å². The summed E-state index contributed by atoms with van der Waals surface area (Å²) in [5.41, 5.74) is 1.13. The molecule has 0 unspecified atom stereocenters. The van der Waals surface area contributed by atoms with Crippen LogP contribution < -0.4 is 10.6 Å². The number of hydrogen-bond acceptors (Lipinski definition) is 3. The molecule has 3 N–H and O–H groups in total. The molecule has 2 aromatic carbocycles. The van der Waals surface area contributed by atoms with Crippen molar-refractivity contribution in [3.63, 3.8) is 0 Å². The molecular formula is C16H16N2O3. The third-order valence-corrected chi connectivity index (χ3v) is 2.91. The largest absolute Gasteiger partial charge is 0.508 e. The van der Waals surface area contributed by atoms with Gasteiger partial charge in [0.15, 0.2) is 0 Å². The third kappa shape index (κ3) is 4.35. The number of rotatable bonds is 5. The monoisotopic (exact) mass is 284 g/mol. The maximum Gasteiger partial charge on any atom is 0.251 e. The maximum absolute atomic E-state index is 11.7. The molecule has 0 aliphatic rings. The third-order valence-electron chi connectivity index (χ3n) is 2.91. The summed E-state index contributed by atoms with van der Waals surface area (Å²) in [4.78, 5) is 23.4. The number of phenolic OH excluding ortho intramolecular Hbond substituents is 1. The molecule has 0 atom stereocenters. The van der Waals surface area contributed by atoms with Gasteiger partial charge >= 0.3 is 0 Å². The molecule has 108 valence electrons. The molecule has 2 amide bonds. The molecule has 0 aromatic heterocycles. The number of nitrogens with one attached hydrogen (secondary N) is 2. The van der Waals surface area contributed by atoms with Crippen molar-refractivity contribution in [3.8, 4) is 5.75 Å². The summed E-state index contributed by atoms with van der Waals surface area (Å²) in [5.74, 6) is -0.484. The molecule has 0 saturated heterocycles. The summed E-state index contributed by atoms with van der Waals surface area (Å²) in [6.07, 6.45) is 0. The fourth-order valence-corrected chi connectivity index (χ4v) is 1.77. The fourth-order valence-electron chi connectivity index (χ4n) is 1.77. The van der Waals surface area contributed by atoms with Gasteiger partial charge in [-0.2, -0.15) is 0 Å². The van der Waals surface area contributed by atoms with Crippen LogP contribution in [0.1, 0.15) is 15.9 Å². The molecule has 2 rings (SSSR count). The topological polar surface area (TPSA) is 78.4 Å². The summed E-state index contributed by atoms with van der Waals surface area (Å²) in [6, 6.07) is 15.4. The molecule has 5 heteroatoms. The van der Waals surface area contributed by atoms with Gasteiger partial charge in [0.2, 0.25) is 5.91 Å². The van der Waals surface area contributed by atoms with E-state index in [0.29, 0.717) is 11.1 Å². The number of carbonyl (C=O) groups excluding carboxylic acids is 2. The Bertz CT molecular complexity index is 626. The Labute approximate surface area is 122 Å². The van der Waals surface area contributed by atoms with Crippen molar-refractivity contribution < 1.29 is 14.7 Å². The van der Waals surface area contributed by atoms with Gasteiger partial charge in [0.1, 0.15) is 5.75 Å². The number of benzene rings is 2. The van der Waals surface area contributed by atoms with Gasteiger partial charge in [-0.1, -0.05) is 36.4 Å². The van der Waals surface area contributed by atoms with Crippen molar-refractivity contribution in [2.75, 3.05) is 6.54 Å². The number of carbonyl (C=O) groups is 2. The first-order valence-corrected chi connectivity index (χ1v) is 6.53. The minimum atomic E-state index is -0.317. The zero-order valence-electron chi connectivity index (χ0n) is 11.4. The number of phenols is 1. The van der Waals surface area contributed by atoms with Crippen LogP contribution in [0, 0.1) is 0 Å². The van der Waals surface area contributed by atoms with E-state index >= 15 is 0 Å². The molecule has 0 fully saturated rings. The lowest BCUT2D eigenvalue weighted by Crippen LogP contribution is -2.36. The smallest absolute Gasteiger partial charge is 0.251 e. The first kappa shape index (κ1) is 14.6. The molecule has 21 heavy (non-hydrogen) atoms. The molecule has 0 spiro atoms. The lowest BCUT2D eigenvalue weighted by molar-refractivity contribution is -0.120. The molecule has 0 saturated carbocycles. The number of aromatic hydroxyl groups is 1. The van der Waals surface area contributed by atoms with Crippen LogP contribution in [0.25, 0.3) is 0 Å². The van der Waals surface area contributed by atoms with E-state index in [1.807, 2.05) is 6.07 Å². The number of amides is 2. The highest BCUT2D eigenvalue weighted by atomic mass is 16.3. The minimum Gasteiger partial charge on any atom is -0.508 e. The van der Waals surface area contributed by atoms with Gasteiger partial charge in [-0.15, -0.1) is 0 Å². The van der Waals surface area contributed by atoms with Crippen molar-refractivity contribution in [1.82, 2.24) is 10.6 Å². The summed E-state index contributed by atoms with van der Waals surface area (Å²) >= 11 is 0. The van der Waals surface area contributed by atoms with Crippen LogP contribution in [0.15, 0.2) is 54.6 Å². The second kappa shape index (κ2) is 7.09. The van der Waals surface area contributed by atoms with Gasteiger partial charge in [0, 0.05) is 17.7 Å². The Morgan fingerprint density at radius 3 is 2.29 bits per heavy atom. The Kier molecular flexibility index (Phi) is 4.93. The lowest BCUT2D eigenvalue weighted by atomic mass is 10.2. The van der Waals surface area contributed by atoms with Crippen LogP contribution in [-0.4, -0.2) is 23.5 Å². The Balaban J connectivity index is 1.78. The maximum atomic E-state index is 11.7. The first-order valence-electron chi connectivity index (χ1n) is 6.53. The molecule has 0 aliphatic heterocycles. The molecule has 0 bridgehead atoms. The summed E-state index contributed by atoms with van der Waals surface area (Å²) in [6.45, 7) is 0.105. The van der Waals surface area contributed by atoms with E-state index < -0.39 is 0 Å². The fraction of sp³-hybridized carbons (Fsp3) is 0.125. The SMILES string of the molecule is O=C(CNC(=O)c1ccccc1)NCc1ccccc1O. The van der Waals surface area contributed by atoms with Gasteiger partial charge in [-0.05, 0) is 18.2 Å². The Morgan fingerprint density at radius 1 is 0.905 bits per heavy atom. The molecule has 5 nitrogen and oxygen atoms in total. The highest BCUT2D eigenvalue weighted by Crippen LogP contribution is 2.14. The van der Waals surface area contributed by atoms with E-state index in [2.05, 4.69) is 10.6 Å². The summed E-state index contributed by atoms with van der Waals surface area (Å²) in [5, 5.41) is 14.7. The van der Waals surface area contributed by atoms with Gasteiger partial charge < -0.3 is 15.7 Å². The van der Waals surface area contributed by atoms with E-state index in [4.69, 9.17) is 0 Å². The van der Waals surface area contributed by atoms with Crippen LogP contribution in [0.5, 0.6) is 5.75 Å². The molecule has 0 heterocycles. The van der Waals surface area contributed by atoms with Crippen LogP contribution >= 0.6 is 0 Å². The molecular weight excluding hydrogens is 268 g/mol. The van der Waals surface area contributed by atoms with Gasteiger partial charge in [0.25, 0.3) is 5.91 Å². The molecule has 0 radical (unpaired) electrons. The number of para-hydroxylation sites is 1. The summed E-state index contributed by atoms with van der Waals surface area (Å²) < 4.78 is 0. The highest BCUT2D eigenvalue weighted by Gasteiger charge is 2.08. The van der Waals surface area contributed by atoms with Crippen molar-refractivity contribution in [2.45, 2.75) is 6.54 Å². The lowest BCUT2D eigenvalue weighted by Gasteiger charge is -2.08. The average Bonchev–Trinajstić information content (AvgIpc) is 2.52. The normalized spacial score (nSPS) is 9.90. The van der Waals surface area contributed by atoms with E-state index in [0.717, 1.165) is 0 Å². The second-order valence-corrected chi connectivity index (χ2v) is 4.45. The van der Waals surface area contributed by atoms with E-state index in [-0.39, 0.29) is 30.7 Å². The second-order valence-electron chi connectivity index (χ2n) is 4.45. The van der Waals surface area contributed by atoms with Crippen molar-refractivity contribution >= 4 is 11.8 Å². The quantitative estimate of drug-likeness (QED) is 0.777. The number of hydrogen-bond donors (Lipinski definition) is 3. The van der Waals surface area contributed by atoms with E-state index in [1.165, 1.54) is 0 Å². The van der Waals surface area contributed by atoms with Crippen LogP contribution in [0.4, 0.5) is 0 Å². The van der Waals surface area contributed by atoms with Gasteiger partial charge in [-0.25, -0.2) is 0 Å². The molecule has 0 aliphatic carbocycles. The van der Waals surface area contributed by atoms with Gasteiger partial charge in [-0.3, -0.25) is 9.59 Å². The Morgan fingerprint density at radius 2 is 1.57 bits per heavy atom. The Hall–Kier alpha value is -2.82. The van der Waals surface area contributed by atoms with E-state index in [9.17, 15) is 14.7 Å². The van der Waals surface area contributed by atoms with Gasteiger partial charge in [0.05, 0.1) is 6.54 Å². The van der Waals surface area contributed by atoms with Crippen molar-refractivity contribution in [2.24, 2.45) is 0 Å². The van der Waals surface area contributed by atoms with Crippen LogP contribution in [0.3, 0.4) is 0 Å². The zero-order chi connectivity index (χ0) is 15.1. The average molecular weight is 284 g/mol. The van der Waals surface area contributed by atoms with Crippen LogP contribution in [0.2, 0.25) is 0 Å². The minimum absolute atomic E-state index is 0.110.